The molecule has 0 bridgehead atoms. The number of carbonyl (C=O) groups is 1. The third kappa shape index (κ3) is 4.61. The summed E-state index contributed by atoms with van der Waals surface area (Å²) in [4.78, 5) is 15.0. The molecule has 0 unspecified atom stereocenters. The van der Waals surface area contributed by atoms with Crippen LogP contribution in [0, 0.1) is 0 Å². The van der Waals surface area contributed by atoms with Gasteiger partial charge in [0.2, 0.25) is 5.85 Å². The second-order valence-electron chi connectivity index (χ2n) is 4.50. The van der Waals surface area contributed by atoms with Gasteiger partial charge in [0.05, 0.1) is 26.4 Å². The smallest absolute Gasteiger partial charge is 0.450 e. The van der Waals surface area contributed by atoms with Gasteiger partial charge < -0.3 is 19.3 Å². The first-order valence-corrected chi connectivity index (χ1v) is 6.20. The highest BCUT2D eigenvalue weighted by Gasteiger charge is 2.43. The molecule has 0 amide bonds. The molecular formula is C11H22Cl2N2O5. The Morgan fingerprint density at radius 1 is 1.00 bits per heavy atom. The van der Waals surface area contributed by atoms with Crippen LogP contribution in [0.2, 0.25) is 0 Å². The first-order chi connectivity index (χ1) is 8.63. The number of hydrogen-bond donors (Lipinski definition) is 1. The van der Waals surface area contributed by atoms with Crippen LogP contribution in [-0.4, -0.2) is 79.5 Å². The fraction of sp³-hybridized carbons (Fsp3) is 0.909. The molecule has 0 atom stereocenters. The first kappa shape index (κ1) is 19.7. The van der Waals surface area contributed by atoms with Crippen LogP contribution >= 0.6 is 24.8 Å². The Hall–Kier alpha value is -0.310. The highest BCUT2D eigenvalue weighted by atomic mass is 35.5. The fourth-order valence-corrected chi connectivity index (χ4v) is 2.45. The molecule has 0 aliphatic carbocycles. The van der Waals surface area contributed by atoms with Crippen LogP contribution in [0.25, 0.3) is 0 Å². The maximum atomic E-state index is 11.0. The zero-order valence-electron chi connectivity index (χ0n) is 11.4. The Morgan fingerprint density at radius 3 is 1.65 bits per heavy atom. The minimum atomic E-state index is -1.25. The molecule has 2 aliphatic heterocycles. The topological polar surface area (TPSA) is 71.5 Å². The molecule has 0 spiro atoms. The van der Waals surface area contributed by atoms with Crippen molar-refractivity contribution in [3.8, 4) is 0 Å². The van der Waals surface area contributed by atoms with Crippen molar-refractivity contribution in [2.45, 2.75) is 12.8 Å². The molecule has 2 heterocycles. The summed E-state index contributed by atoms with van der Waals surface area (Å²) in [7, 11) is 0. The minimum Gasteiger partial charge on any atom is -0.450 e. The van der Waals surface area contributed by atoms with Gasteiger partial charge in [-0.1, -0.05) is 0 Å². The number of halogens is 2. The van der Waals surface area contributed by atoms with Crippen LogP contribution in [0.15, 0.2) is 0 Å². The maximum Gasteiger partial charge on any atom is 0.508 e. The summed E-state index contributed by atoms with van der Waals surface area (Å²) in [6.45, 7) is 6.87. The number of carboxylic acid groups (broad SMARTS) is 1. The van der Waals surface area contributed by atoms with Gasteiger partial charge in [-0.25, -0.2) is 14.6 Å². The van der Waals surface area contributed by atoms with Crippen molar-refractivity contribution in [1.82, 2.24) is 9.80 Å². The highest BCUT2D eigenvalue weighted by molar-refractivity contribution is 5.85. The van der Waals surface area contributed by atoms with E-state index in [4.69, 9.17) is 19.3 Å². The van der Waals surface area contributed by atoms with E-state index in [-0.39, 0.29) is 24.8 Å². The van der Waals surface area contributed by atoms with Crippen LogP contribution in [-0.2, 0) is 14.2 Å². The van der Waals surface area contributed by atoms with Gasteiger partial charge in [-0.3, -0.25) is 0 Å². The lowest BCUT2D eigenvalue weighted by Gasteiger charge is -2.48. The van der Waals surface area contributed by atoms with Crippen molar-refractivity contribution in [2.75, 3.05) is 52.6 Å². The Labute approximate surface area is 130 Å². The Kier molecular flexibility index (Phi) is 8.72. The van der Waals surface area contributed by atoms with Crippen molar-refractivity contribution in [2.24, 2.45) is 0 Å². The normalized spacial score (nSPS) is 21.4. The van der Waals surface area contributed by atoms with E-state index in [2.05, 4.69) is 0 Å². The quantitative estimate of drug-likeness (QED) is 0.768. The molecule has 0 aromatic carbocycles. The van der Waals surface area contributed by atoms with Crippen LogP contribution in [0.3, 0.4) is 0 Å². The highest BCUT2D eigenvalue weighted by Crippen LogP contribution is 2.24. The predicted octanol–water partition coefficient (Wildman–Crippen LogP) is 0.863. The minimum absolute atomic E-state index is 0. The molecule has 7 nitrogen and oxygen atoms in total. The van der Waals surface area contributed by atoms with Gasteiger partial charge in [0.25, 0.3) is 0 Å². The van der Waals surface area contributed by atoms with E-state index in [0.717, 1.165) is 0 Å². The summed E-state index contributed by atoms with van der Waals surface area (Å²) in [6.07, 6.45) is -1.25. The molecule has 0 aromatic heterocycles. The lowest BCUT2D eigenvalue weighted by atomic mass is 10.2. The average Bonchev–Trinajstić information content (AvgIpc) is 2.40. The largest absolute Gasteiger partial charge is 0.508 e. The summed E-state index contributed by atoms with van der Waals surface area (Å²) in [5.74, 6) is -0.931. The summed E-state index contributed by atoms with van der Waals surface area (Å²) in [5.41, 5.74) is 0. The monoisotopic (exact) mass is 332 g/mol. The second kappa shape index (κ2) is 8.86. The Balaban J connectivity index is 0.00000180. The van der Waals surface area contributed by atoms with Crippen LogP contribution in [0.4, 0.5) is 4.79 Å². The first-order valence-electron chi connectivity index (χ1n) is 6.20. The third-order valence-corrected chi connectivity index (χ3v) is 3.48. The van der Waals surface area contributed by atoms with E-state index in [0.29, 0.717) is 52.6 Å². The van der Waals surface area contributed by atoms with Gasteiger partial charge in [0, 0.05) is 33.1 Å². The maximum absolute atomic E-state index is 11.0. The fourth-order valence-electron chi connectivity index (χ4n) is 2.45. The molecule has 0 saturated carbocycles. The average molecular weight is 333 g/mol. The summed E-state index contributed by atoms with van der Waals surface area (Å²) >= 11 is 0. The molecule has 9 heteroatoms. The molecule has 2 aliphatic rings. The zero-order valence-corrected chi connectivity index (χ0v) is 13.1. The van der Waals surface area contributed by atoms with Crippen LogP contribution in [0.1, 0.15) is 6.92 Å². The van der Waals surface area contributed by atoms with Gasteiger partial charge in [-0.05, 0) is 0 Å². The van der Waals surface area contributed by atoms with E-state index in [9.17, 15) is 4.79 Å². The standard InChI is InChI=1S/C11H20N2O5.2ClH/c1-11(18-10(14)15,12-2-6-16-7-3-12)13-4-8-17-9-5-13;;/h2-9H2,1H3,(H,14,15);2*1H. The van der Waals surface area contributed by atoms with Crippen molar-refractivity contribution in [1.29, 1.82) is 0 Å². The number of ether oxygens (including phenoxy) is 3. The van der Waals surface area contributed by atoms with Gasteiger partial charge in [0.15, 0.2) is 0 Å². The third-order valence-electron chi connectivity index (χ3n) is 3.48. The Bertz CT molecular complexity index is 279. The molecule has 0 aromatic rings. The van der Waals surface area contributed by atoms with Crippen molar-refractivity contribution in [3.63, 3.8) is 0 Å². The van der Waals surface area contributed by atoms with Crippen molar-refractivity contribution < 1.29 is 24.1 Å². The van der Waals surface area contributed by atoms with Crippen molar-refractivity contribution in [3.05, 3.63) is 0 Å². The number of morpholine rings is 2. The lowest BCUT2D eigenvalue weighted by Crippen LogP contribution is -2.65. The zero-order chi connectivity index (χ0) is 13.0. The Morgan fingerprint density at radius 2 is 1.35 bits per heavy atom. The van der Waals surface area contributed by atoms with E-state index < -0.39 is 12.0 Å². The van der Waals surface area contributed by atoms with Gasteiger partial charge >= 0.3 is 6.16 Å². The van der Waals surface area contributed by atoms with Gasteiger partial charge in [0.1, 0.15) is 0 Å². The molecule has 2 rings (SSSR count). The lowest BCUT2D eigenvalue weighted by molar-refractivity contribution is -0.238. The number of nitrogens with zero attached hydrogens (tertiary/aromatic N) is 2. The molecule has 20 heavy (non-hydrogen) atoms. The van der Waals surface area contributed by atoms with Crippen molar-refractivity contribution >= 4 is 31.0 Å². The SMILES string of the molecule is CC(OC(=O)O)(N1CCOCC1)N1CCOCC1.Cl.Cl. The van der Waals surface area contributed by atoms with Crippen LogP contribution in [0.5, 0.6) is 0 Å². The van der Waals surface area contributed by atoms with E-state index >= 15 is 0 Å². The van der Waals surface area contributed by atoms with Crippen LogP contribution < -0.4 is 0 Å². The summed E-state index contributed by atoms with van der Waals surface area (Å²) in [5, 5.41) is 8.97. The van der Waals surface area contributed by atoms with E-state index in [1.165, 1.54) is 0 Å². The van der Waals surface area contributed by atoms with Gasteiger partial charge in [-0.15, -0.1) is 24.8 Å². The van der Waals surface area contributed by atoms with E-state index in [1.54, 1.807) is 6.92 Å². The molecule has 0 radical (unpaired) electrons. The summed E-state index contributed by atoms with van der Waals surface area (Å²) < 4.78 is 15.8. The number of rotatable bonds is 3. The number of hydrogen-bond acceptors (Lipinski definition) is 6. The predicted molar refractivity (Wildman–Crippen MR) is 76.8 cm³/mol. The molecule has 120 valence electrons. The molecule has 2 fully saturated rings. The second-order valence-corrected chi connectivity index (χ2v) is 4.50. The molecule has 1 N–H and O–H groups in total. The molecule has 2 saturated heterocycles. The van der Waals surface area contributed by atoms with E-state index in [1.807, 2.05) is 9.80 Å². The van der Waals surface area contributed by atoms with Gasteiger partial charge in [-0.2, -0.15) is 0 Å². The summed E-state index contributed by atoms with van der Waals surface area (Å²) in [6, 6.07) is 0. The molecular weight excluding hydrogens is 311 g/mol.